The van der Waals surface area contributed by atoms with Gasteiger partial charge in [-0.2, -0.15) is 0 Å². The number of amides is 1. The highest BCUT2D eigenvalue weighted by molar-refractivity contribution is 6.03. The molecule has 0 fully saturated rings. The normalized spacial score (nSPS) is 10.4. The highest BCUT2D eigenvalue weighted by Gasteiger charge is 2.12. The zero-order chi connectivity index (χ0) is 17.8. The summed E-state index contributed by atoms with van der Waals surface area (Å²) >= 11 is 0. The number of halogens is 3. The van der Waals surface area contributed by atoms with E-state index in [4.69, 9.17) is 0 Å². The summed E-state index contributed by atoms with van der Waals surface area (Å²) in [6, 6.07) is 9.80. The summed E-state index contributed by atoms with van der Waals surface area (Å²) in [6.07, 6.45) is 1.14. The number of benzene rings is 2. The lowest BCUT2D eigenvalue weighted by molar-refractivity contribution is 0.102. The minimum absolute atomic E-state index is 0.0439. The third-order valence-corrected chi connectivity index (χ3v) is 3.18. The van der Waals surface area contributed by atoms with Gasteiger partial charge in [0.25, 0.3) is 5.91 Å². The van der Waals surface area contributed by atoms with Crippen molar-refractivity contribution in [3.8, 4) is 0 Å². The van der Waals surface area contributed by atoms with E-state index in [-0.39, 0.29) is 17.2 Å². The number of aromatic nitrogens is 2. The molecule has 8 heteroatoms. The molecule has 5 nitrogen and oxygen atoms in total. The molecule has 126 valence electrons. The van der Waals surface area contributed by atoms with Crippen LogP contribution in [0.3, 0.4) is 0 Å². The molecule has 0 saturated heterocycles. The van der Waals surface area contributed by atoms with Crippen molar-refractivity contribution in [1.82, 2.24) is 9.97 Å². The van der Waals surface area contributed by atoms with Crippen LogP contribution >= 0.6 is 0 Å². The maximum absolute atomic E-state index is 13.6. The second-order valence-electron chi connectivity index (χ2n) is 5.00. The maximum atomic E-state index is 13.6. The van der Waals surface area contributed by atoms with Gasteiger partial charge in [-0.15, -0.1) is 0 Å². The van der Waals surface area contributed by atoms with Crippen LogP contribution in [0.25, 0.3) is 0 Å². The molecule has 0 spiro atoms. The highest BCUT2D eigenvalue weighted by atomic mass is 19.1. The second kappa shape index (κ2) is 7.00. The molecular weight excluding hydrogens is 333 g/mol. The Morgan fingerprint density at radius 1 is 0.920 bits per heavy atom. The van der Waals surface area contributed by atoms with E-state index in [1.807, 2.05) is 0 Å². The second-order valence-corrected chi connectivity index (χ2v) is 5.00. The van der Waals surface area contributed by atoms with Crippen molar-refractivity contribution in [1.29, 1.82) is 0 Å². The van der Waals surface area contributed by atoms with Crippen LogP contribution in [-0.2, 0) is 0 Å². The number of anilines is 3. The van der Waals surface area contributed by atoms with Gasteiger partial charge in [0.2, 0.25) is 0 Å². The number of hydrogen-bond acceptors (Lipinski definition) is 4. The van der Waals surface area contributed by atoms with Crippen molar-refractivity contribution in [2.75, 3.05) is 10.6 Å². The van der Waals surface area contributed by atoms with Crippen LogP contribution in [0.1, 0.15) is 10.5 Å². The number of nitrogens with zero attached hydrogens (tertiary/aromatic N) is 2. The van der Waals surface area contributed by atoms with Gasteiger partial charge in [-0.25, -0.2) is 23.1 Å². The van der Waals surface area contributed by atoms with Crippen molar-refractivity contribution in [3.63, 3.8) is 0 Å². The molecule has 0 bridgehead atoms. The minimum atomic E-state index is -0.902. The third kappa shape index (κ3) is 4.11. The minimum Gasteiger partial charge on any atom is -0.340 e. The van der Waals surface area contributed by atoms with E-state index in [1.165, 1.54) is 24.3 Å². The van der Waals surface area contributed by atoms with Crippen LogP contribution in [0.5, 0.6) is 0 Å². The molecule has 2 N–H and O–H groups in total. The van der Waals surface area contributed by atoms with E-state index in [0.29, 0.717) is 11.8 Å². The van der Waals surface area contributed by atoms with Crippen LogP contribution in [-0.4, -0.2) is 15.9 Å². The summed E-state index contributed by atoms with van der Waals surface area (Å²) < 4.78 is 39.7. The summed E-state index contributed by atoms with van der Waals surface area (Å²) in [5.41, 5.74) is 0.219. The third-order valence-electron chi connectivity index (χ3n) is 3.18. The van der Waals surface area contributed by atoms with Gasteiger partial charge in [0.15, 0.2) is 0 Å². The van der Waals surface area contributed by atoms with E-state index < -0.39 is 23.4 Å². The molecule has 1 amide bonds. The molecule has 0 aliphatic carbocycles. The number of nitrogens with one attached hydrogen (secondary N) is 2. The molecule has 0 unspecified atom stereocenters. The van der Waals surface area contributed by atoms with Gasteiger partial charge in [0.05, 0.1) is 5.69 Å². The number of rotatable bonds is 4. The molecule has 1 heterocycles. The molecule has 0 aliphatic rings. The highest BCUT2D eigenvalue weighted by Crippen LogP contribution is 2.18. The van der Waals surface area contributed by atoms with Gasteiger partial charge in [-0.1, -0.05) is 6.07 Å². The topological polar surface area (TPSA) is 66.9 Å². The zero-order valence-corrected chi connectivity index (χ0v) is 12.6. The van der Waals surface area contributed by atoms with Crippen LogP contribution in [0.15, 0.2) is 54.9 Å². The van der Waals surface area contributed by atoms with Gasteiger partial charge in [-0.3, -0.25) is 4.79 Å². The predicted molar refractivity (Wildman–Crippen MR) is 86.0 cm³/mol. The smallest absolute Gasteiger partial charge is 0.274 e. The first-order valence-electron chi connectivity index (χ1n) is 7.12. The molecule has 3 aromatic rings. The Balaban J connectivity index is 1.77. The first-order valence-corrected chi connectivity index (χ1v) is 7.12. The van der Waals surface area contributed by atoms with Crippen molar-refractivity contribution < 1.29 is 18.0 Å². The van der Waals surface area contributed by atoms with Gasteiger partial charge < -0.3 is 10.6 Å². The largest absolute Gasteiger partial charge is 0.340 e. The summed E-state index contributed by atoms with van der Waals surface area (Å²) in [7, 11) is 0. The quantitative estimate of drug-likeness (QED) is 0.753. The fraction of sp³-hybridized carbons (Fsp3) is 0. The van der Waals surface area contributed by atoms with Gasteiger partial charge in [-0.05, 0) is 30.3 Å². The first kappa shape index (κ1) is 16.4. The average molecular weight is 344 g/mol. The van der Waals surface area contributed by atoms with Gasteiger partial charge in [0, 0.05) is 17.8 Å². The first-order chi connectivity index (χ1) is 12.0. The summed E-state index contributed by atoms with van der Waals surface area (Å²) in [4.78, 5) is 19.9. The van der Waals surface area contributed by atoms with Crippen molar-refractivity contribution in [3.05, 3.63) is 78.0 Å². The lowest BCUT2D eigenvalue weighted by Gasteiger charge is -2.08. The molecule has 25 heavy (non-hydrogen) atoms. The Hall–Kier alpha value is -3.42. The number of hydrogen-bond donors (Lipinski definition) is 2. The molecule has 3 rings (SSSR count). The molecule has 0 aliphatic heterocycles. The summed E-state index contributed by atoms with van der Waals surface area (Å²) in [5, 5.41) is 5.12. The Morgan fingerprint density at radius 3 is 2.48 bits per heavy atom. The Morgan fingerprint density at radius 2 is 1.72 bits per heavy atom. The van der Waals surface area contributed by atoms with Crippen LogP contribution in [0.4, 0.5) is 30.4 Å². The van der Waals surface area contributed by atoms with Crippen LogP contribution in [0.2, 0.25) is 0 Å². The molecular formula is C17H11F3N4O. The SMILES string of the molecule is O=C(Nc1ccc(F)cc1F)c1cc(Nc2cccc(F)c2)ncn1. The number of carbonyl (C=O) groups is 1. The van der Waals surface area contributed by atoms with Gasteiger partial charge >= 0.3 is 0 Å². The van der Waals surface area contributed by atoms with E-state index in [2.05, 4.69) is 20.6 Å². The molecule has 0 saturated carbocycles. The summed E-state index contributed by atoms with van der Waals surface area (Å²) in [5.74, 6) is -2.52. The Kier molecular flexibility index (Phi) is 4.60. The number of carbonyl (C=O) groups excluding carboxylic acids is 1. The molecule has 2 aromatic carbocycles. The van der Waals surface area contributed by atoms with Crippen molar-refractivity contribution in [2.45, 2.75) is 0 Å². The monoisotopic (exact) mass is 344 g/mol. The lowest BCUT2D eigenvalue weighted by Crippen LogP contribution is -2.15. The van der Waals surface area contributed by atoms with Crippen LogP contribution < -0.4 is 10.6 Å². The zero-order valence-electron chi connectivity index (χ0n) is 12.6. The van der Waals surface area contributed by atoms with E-state index in [1.54, 1.807) is 6.07 Å². The standard InChI is InChI=1S/C17H11F3N4O/c18-10-2-1-3-12(6-10)23-16-8-15(21-9-22-16)17(25)24-14-5-4-11(19)7-13(14)20/h1-9H,(H,24,25)(H,21,22,23). The fourth-order valence-corrected chi connectivity index (χ4v) is 2.04. The van der Waals surface area contributed by atoms with E-state index in [9.17, 15) is 18.0 Å². The Labute approximate surface area is 140 Å². The van der Waals surface area contributed by atoms with E-state index in [0.717, 1.165) is 18.5 Å². The van der Waals surface area contributed by atoms with Crippen LogP contribution in [0, 0.1) is 17.5 Å². The molecule has 0 atom stereocenters. The summed E-state index contributed by atoms with van der Waals surface area (Å²) in [6.45, 7) is 0. The fourth-order valence-electron chi connectivity index (χ4n) is 2.04. The van der Waals surface area contributed by atoms with E-state index >= 15 is 0 Å². The molecule has 1 aromatic heterocycles. The van der Waals surface area contributed by atoms with Crippen molar-refractivity contribution >= 4 is 23.1 Å². The van der Waals surface area contributed by atoms with Crippen molar-refractivity contribution in [2.24, 2.45) is 0 Å². The lowest BCUT2D eigenvalue weighted by atomic mass is 10.2. The average Bonchev–Trinajstić information content (AvgIpc) is 2.57. The van der Waals surface area contributed by atoms with Gasteiger partial charge in [0.1, 0.15) is 35.3 Å². The Bertz CT molecular complexity index is 933. The molecule has 0 radical (unpaired) electrons. The maximum Gasteiger partial charge on any atom is 0.274 e. The predicted octanol–water partition coefficient (Wildman–Crippen LogP) is 3.89.